The molecule has 1 N–H and O–H groups in total. The van der Waals surface area contributed by atoms with Crippen LogP contribution in [0.3, 0.4) is 0 Å². The minimum atomic E-state index is -0.883. The summed E-state index contributed by atoms with van der Waals surface area (Å²) in [7, 11) is 0. The molecule has 102 valence electrons. The Bertz CT molecular complexity index is 529. The van der Waals surface area contributed by atoms with Gasteiger partial charge in [-0.2, -0.15) is 0 Å². The molecule has 0 aliphatic carbocycles. The fourth-order valence-corrected chi connectivity index (χ4v) is 2.21. The Morgan fingerprint density at radius 3 is 2.68 bits per heavy atom. The van der Waals surface area contributed by atoms with Crippen molar-refractivity contribution in [2.45, 2.75) is 6.92 Å². The van der Waals surface area contributed by atoms with Crippen LogP contribution >= 0.6 is 11.6 Å². The van der Waals surface area contributed by atoms with Gasteiger partial charge in [0, 0.05) is 19.0 Å². The number of carboxylic acids is 1. The Kier molecular flexibility index (Phi) is 3.75. The maximum Gasteiger partial charge on any atom is 0.306 e. The Balaban J connectivity index is 2.04. The molecule has 19 heavy (non-hydrogen) atoms. The van der Waals surface area contributed by atoms with Crippen LogP contribution in [0.25, 0.3) is 0 Å². The number of hydrogen-bond donors (Lipinski definition) is 1. The number of carbonyl (C=O) groups is 2. The Morgan fingerprint density at radius 1 is 1.47 bits per heavy atom. The lowest BCUT2D eigenvalue weighted by Crippen LogP contribution is -2.53. The van der Waals surface area contributed by atoms with Crippen LogP contribution in [-0.4, -0.2) is 35.0 Å². The van der Waals surface area contributed by atoms with Gasteiger partial charge in [0.2, 0.25) is 0 Å². The number of halogens is 2. The van der Waals surface area contributed by atoms with Crippen molar-refractivity contribution in [3.8, 4) is 0 Å². The van der Waals surface area contributed by atoms with Gasteiger partial charge in [-0.1, -0.05) is 24.6 Å². The third-order valence-electron chi connectivity index (χ3n) is 3.48. The number of benzene rings is 1. The van der Waals surface area contributed by atoms with Crippen LogP contribution in [0.4, 0.5) is 4.39 Å². The average molecular weight is 286 g/mol. The zero-order valence-electron chi connectivity index (χ0n) is 10.3. The first-order valence-corrected chi connectivity index (χ1v) is 6.25. The zero-order chi connectivity index (χ0) is 14.2. The van der Waals surface area contributed by atoms with E-state index in [2.05, 4.69) is 0 Å². The summed E-state index contributed by atoms with van der Waals surface area (Å²) in [5.41, 5.74) is -0.0751. The van der Waals surface area contributed by atoms with Gasteiger partial charge in [0.25, 0.3) is 5.91 Å². The molecule has 4 nitrogen and oxygen atoms in total. The summed E-state index contributed by atoms with van der Waals surface area (Å²) in [5, 5.41) is 8.76. The van der Waals surface area contributed by atoms with Crippen molar-refractivity contribution in [2.24, 2.45) is 11.8 Å². The average Bonchev–Trinajstić information content (AvgIpc) is 2.30. The number of aliphatic carboxylic acids is 1. The minimum absolute atomic E-state index is 0.0751. The summed E-state index contributed by atoms with van der Waals surface area (Å²) in [6, 6.07) is 4.26. The van der Waals surface area contributed by atoms with E-state index in [-0.39, 0.29) is 16.5 Å². The molecular formula is C13H13ClFNO3. The van der Waals surface area contributed by atoms with Gasteiger partial charge in [-0.05, 0) is 12.1 Å². The molecule has 1 amide bonds. The summed E-state index contributed by atoms with van der Waals surface area (Å²) >= 11 is 5.62. The van der Waals surface area contributed by atoms with E-state index in [0.717, 1.165) is 0 Å². The standard InChI is InChI=1S/C13H13ClFNO3/c1-7(13(18)19)8-5-16(6-8)12(17)9-3-2-4-10(14)11(9)15/h2-4,7-8H,5-6H2,1H3,(H,18,19). The van der Waals surface area contributed by atoms with Crippen LogP contribution in [0.1, 0.15) is 17.3 Å². The normalized spacial score (nSPS) is 16.9. The van der Waals surface area contributed by atoms with Gasteiger partial charge in [0.05, 0.1) is 16.5 Å². The summed E-state index contributed by atoms with van der Waals surface area (Å²) in [5.74, 6) is -2.65. The van der Waals surface area contributed by atoms with Gasteiger partial charge in [0.1, 0.15) is 0 Å². The number of likely N-dealkylation sites (tertiary alicyclic amines) is 1. The maximum atomic E-state index is 13.7. The monoisotopic (exact) mass is 285 g/mol. The molecule has 0 spiro atoms. The third kappa shape index (κ3) is 2.56. The van der Waals surface area contributed by atoms with E-state index in [1.807, 2.05) is 0 Å². The van der Waals surface area contributed by atoms with Crippen molar-refractivity contribution >= 4 is 23.5 Å². The van der Waals surface area contributed by atoms with Gasteiger partial charge >= 0.3 is 5.97 Å². The summed E-state index contributed by atoms with van der Waals surface area (Å²) in [6.07, 6.45) is 0. The van der Waals surface area contributed by atoms with Crippen LogP contribution in [0.15, 0.2) is 18.2 Å². The van der Waals surface area contributed by atoms with Gasteiger partial charge in [0.15, 0.2) is 5.82 Å². The third-order valence-corrected chi connectivity index (χ3v) is 3.77. The quantitative estimate of drug-likeness (QED) is 0.927. The number of carboxylic acid groups (broad SMARTS) is 1. The topological polar surface area (TPSA) is 57.6 Å². The van der Waals surface area contributed by atoms with Crippen LogP contribution in [0, 0.1) is 17.7 Å². The second-order valence-electron chi connectivity index (χ2n) is 4.70. The first kappa shape index (κ1) is 13.8. The van der Waals surface area contributed by atoms with Crippen molar-refractivity contribution in [3.63, 3.8) is 0 Å². The predicted octanol–water partition coefficient (Wildman–Crippen LogP) is 2.27. The van der Waals surface area contributed by atoms with Gasteiger partial charge in [-0.15, -0.1) is 0 Å². The minimum Gasteiger partial charge on any atom is -0.481 e. The van der Waals surface area contributed by atoms with Crippen LogP contribution in [0.5, 0.6) is 0 Å². The number of hydrogen-bond acceptors (Lipinski definition) is 2. The highest BCUT2D eigenvalue weighted by Gasteiger charge is 2.38. The molecule has 2 rings (SSSR count). The van der Waals surface area contributed by atoms with Crippen molar-refractivity contribution in [3.05, 3.63) is 34.6 Å². The molecule has 0 bridgehead atoms. The van der Waals surface area contributed by atoms with E-state index in [9.17, 15) is 14.0 Å². The second kappa shape index (κ2) is 5.17. The second-order valence-corrected chi connectivity index (χ2v) is 5.11. The predicted molar refractivity (Wildman–Crippen MR) is 67.6 cm³/mol. The number of amides is 1. The van der Waals surface area contributed by atoms with Crippen molar-refractivity contribution in [2.75, 3.05) is 13.1 Å². The molecule has 0 saturated carbocycles. The highest BCUT2D eigenvalue weighted by Crippen LogP contribution is 2.27. The lowest BCUT2D eigenvalue weighted by molar-refractivity contribution is -0.144. The fourth-order valence-electron chi connectivity index (χ4n) is 2.04. The van der Waals surface area contributed by atoms with Gasteiger partial charge in [-0.25, -0.2) is 4.39 Å². The van der Waals surface area contributed by atoms with Crippen molar-refractivity contribution in [1.82, 2.24) is 4.90 Å². The fraction of sp³-hybridized carbons (Fsp3) is 0.385. The first-order chi connectivity index (χ1) is 8.91. The van der Waals surface area contributed by atoms with E-state index >= 15 is 0 Å². The molecule has 1 aliphatic heterocycles. The van der Waals surface area contributed by atoms with Crippen molar-refractivity contribution in [1.29, 1.82) is 0 Å². The Labute approximate surface area is 114 Å². The number of carbonyl (C=O) groups excluding carboxylic acids is 1. The molecule has 1 aliphatic rings. The Hall–Kier alpha value is -1.62. The summed E-state index contributed by atoms with van der Waals surface area (Å²) in [4.78, 5) is 24.2. The molecule has 1 heterocycles. The van der Waals surface area contributed by atoms with Crippen LogP contribution < -0.4 is 0 Å². The molecule has 1 saturated heterocycles. The van der Waals surface area contributed by atoms with Crippen molar-refractivity contribution < 1.29 is 19.1 Å². The molecule has 1 unspecified atom stereocenters. The molecule has 1 atom stereocenters. The molecule has 0 radical (unpaired) electrons. The summed E-state index contributed by atoms with van der Waals surface area (Å²) in [6.45, 7) is 2.27. The molecule has 6 heteroatoms. The lowest BCUT2D eigenvalue weighted by Gasteiger charge is -2.41. The van der Waals surface area contributed by atoms with E-state index in [4.69, 9.17) is 16.7 Å². The zero-order valence-corrected chi connectivity index (χ0v) is 11.0. The molecule has 1 aromatic rings. The highest BCUT2D eigenvalue weighted by molar-refractivity contribution is 6.31. The van der Waals surface area contributed by atoms with E-state index in [0.29, 0.717) is 13.1 Å². The van der Waals surface area contributed by atoms with E-state index in [1.165, 1.54) is 23.1 Å². The maximum absolute atomic E-state index is 13.7. The summed E-state index contributed by atoms with van der Waals surface area (Å²) < 4.78 is 13.7. The van der Waals surface area contributed by atoms with E-state index in [1.54, 1.807) is 6.92 Å². The highest BCUT2D eigenvalue weighted by atomic mass is 35.5. The number of rotatable bonds is 3. The smallest absolute Gasteiger partial charge is 0.306 e. The molecule has 1 fully saturated rings. The largest absolute Gasteiger partial charge is 0.481 e. The first-order valence-electron chi connectivity index (χ1n) is 5.88. The lowest BCUT2D eigenvalue weighted by atomic mass is 9.86. The Morgan fingerprint density at radius 2 is 2.11 bits per heavy atom. The van der Waals surface area contributed by atoms with Crippen LogP contribution in [0.2, 0.25) is 5.02 Å². The number of nitrogens with zero attached hydrogens (tertiary/aromatic N) is 1. The van der Waals surface area contributed by atoms with Crippen LogP contribution in [-0.2, 0) is 4.79 Å². The van der Waals surface area contributed by atoms with Gasteiger partial charge in [-0.3, -0.25) is 9.59 Å². The SMILES string of the molecule is CC(C(=O)O)C1CN(C(=O)c2cccc(Cl)c2F)C1. The van der Waals surface area contributed by atoms with E-state index < -0.39 is 23.6 Å². The molecular weight excluding hydrogens is 273 g/mol. The van der Waals surface area contributed by atoms with Gasteiger partial charge < -0.3 is 10.0 Å². The molecule has 1 aromatic carbocycles. The molecule has 0 aromatic heterocycles.